The molecule has 1 aliphatic rings. The number of rotatable bonds is 3. The van der Waals surface area contributed by atoms with E-state index in [1.165, 1.54) is 16.0 Å². The number of hydrogen-bond acceptors (Lipinski definition) is 1. The van der Waals surface area contributed by atoms with Gasteiger partial charge in [-0.05, 0) is 60.9 Å². The zero-order valence-electron chi connectivity index (χ0n) is 11.7. The van der Waals surface area contributed by atoms with Crippen LogP contribution in [0.25, 0.3) is 5.57 Å². The fourth-order valence-corrected chi connectivity index (χ4v) is 3.25. The lowest BCUT2D eigenvalue weighted by Crippen LogP contribution is -1.94. The van der Waals surface area contributed by atoms with Crippen molar-refractivity contribution in [1.29, 1.82) is 0 Å². The smallest absolute Gasteiger partial charge is 0.130 e. The van der Waals surface area contributed by atoms with Gasteiger partial charge in [0.05, 0.1) is 0 Å². The van der Waals surface area contributed by atoms with Crippen LogP contribution in [0.5, 0.6) is 0 Å². The molecule has 2 aromatic rings. The van der Waals surface area contributed by atoms with Crippen LogP contribution in [0.3, 0.4) is 0 Å². The van der Waals surface area contributed by atoms with Gasteiger partial charge in [-0.3, -0.25) is 0 Å². The molecule has 0 aliphatic heterocycles. The Morgan fingerprint density at radius 2 is 1.85 bits per heavy atom. The molecule has 1 aliphatic carbocycles. The molecule has 20 heavy (non-hydrogen) atoms. The van der Waals surface area contributed by atoms with Gasteiger partial charge in [-0.15, -0.1) is 11.8 Å². The van der Waals surface area contributed by atoms with Crippen LogP contribution in [0.2, 0.25) is 0 Å². The van der Waals surface area contributed by atoms with Gasteiger partial charge < -0.3 is 0 Å². The van der Waals surface area contributed by atoms with E-state index in [1.807, 2.05) is 6.07 Å². The Labute approximate surface area is 123 Å². The van der Waals surface area contributed by atoms with Crippen molar-refractivity contribution in [1.82, 2.24) is 0 Å². The third-order valence-electron chi connectivity index (χ3n) is 3.91. The van der Waals surface area contributed by atoms with E-state index in [-0.39, 0.29) is 5.82 Å². The maximum Gasteiger partial charge on any atom is 0.130 e. The summed E-state index contributed by atoms with van der Waals surface area (Å²) in [6, 6.07) is 14.0. The minimum atomic E-state index is -0.0879. The topological polar surface area (TPSA) is 0 Å². The van der Waals surface area contributed by atoms with Crippen molar-refractivity contribution in [3.05, 3.63) is 70.5 Å². The molecule has 0 bridgehead atoms. The highest BCUT2D eigenvalue weighted by Gasteiger charge is 2.22. The Morgan fingerprint density at radius 3 is 2.55 bits per heavy atom. The number of hydrogen-bond donors (Lipinski definition) is 0. The van der Waals surface area contributed by atoms with Gasteiger partial charge in [0, 0.05) is 10.5 Å². The lowest BCUT2D eigenvalue weighted by atomic mass is 9.98. The van der Waals surface area contributed by atoms with Crippen molar-refractivity contribution in [2.75, 3.05) is 6.26 Å². The van der Waals surface area contributed by atoms with Crippen molar-refractivity contribution in [2.45, 2.75) is 24.7 Å². The Balaban J connectivity index is 1.93. The zero-order valence-corrected chi connectivity index (χ0v) is 12.6. The normalized spacial score (nSPS) is 13.8. The number of fused-ring (bicyclic) bond motifs is 1. The molecule has 0 saturated heterocycles. The van der Waals surface area contributed by atoms with E-state index >= 15 is 0 Å². The molecule has 2 aromatic carbocycles. The molecule has 2 heteroatoms. The fourth-order valence-electron chi connectivity index (χ4n) is 2.85. The number of allylic oxidation sites excluding steroid dienone is 2. The quantitative estimate of drug-likeness (QED) is 0.705. The van der Waals surface area contributed by atoms with E-state index in [9.17, 15) is 4.39 Å². The summed E-state index contributed by atoms with van der Waals surface area (Å²) in [7, 11) is 0. The molecule has 0 heterocycles. The van der Waals surface area contributed by atoms with E-state index in [2.05, 4.69) is 37.4 Å². The molecule has 0 aromatic heterocycles. The highest BCUT2D eigenvalue weighted by atomic mass is 32.2. The summed E-state index contributed by atoms with van der Waals surface area (Å²) >= 11 is 1.74. The van der Waals surface area contributed by atoms with Gasteiger partial charge >= 0.3 is 0 Å². The van der Waals surface area contributed by atoms with Gasteiger partial charge in [-0.25, -0.2) is 4.39 Å². The first-order chi connectivity index (χ1) is 9.69. The fraction of sp³-hybridized carbons (Fsp3) is 0.222. The molecule has 0 nitrogen and oxygen atoms in total. The summed E-state index contributed by atoms with van der Waals surface area (Å²) in [6.07, 6.45) is 3.77. The molecular formula is C18H17FS. The van der Waals surface area contributed by atoms with Crippen LogP contribution in [-0.4, -0.2) is 6.26 Å². The van der Waals surface area contributed by atoms with E-state index < -0.39 is 0 Å². The van der Waals surface area contributed by atoms with Crippen LogP contribution >= 0.6 is 11.8 Å². The molecule has 0 radical (unpaired) electrons. The van der Waals surface area contributed by atoms with E-state index in [1.54, 1.807) is 23.9 Å². The van der Waals surface area contributed by atoms with Gasteiger partial charge in [0.2, 0.25) is 0 Å². The Kier molecular flexibility index (Phi) is 3.66. The molecule has 0 N–H and O–H groups in total. The first-order valence-corrected chi connectivity index (χ1v) is 8.01. The van der Waals surface area contributed by atoms with E-state index in [4.69, 9.17) is 0 Å². The first-order valence-electron chi connectivity index (χ1n) is 6.78. The number of halogens is 1. The second-order valence-electron chi connectivity index (χ2n) is 5.23. The summed E-state index contributed by atoms with van der Waals surface area (Å²) < 4.78 is 14.1. The molecular weight excluding hydrogens is 267 g/mol. The summed E-state index contributed by atoms with van der Waals surface area (Å²) in [5, 5.41) is 0. The molecule has 0 spiro atoms. The van der Waals surface area contributed by atoms with Gasteiger partial charge in [0.25, 0.3) is 0 Å². The van der Waals surface area contributed by atoms with Gasteiger partial charge in [0.15, 0.2) is 0 Å². The largest absolute Gasteiger partial charge is 0.206 e. The minimum Gasteiger partial charge on any atom is -0.206 e. The standard InChI is InChI=1S/C18H17FS/c1-12-10-14-4-3-5-17(19)18(14)16(12)11-13-6-8-15(20-2)9-7-13/h3-9H,10-11H2,1-2H3. The number of thioether (sulfide) groups is 1. The predicted octanol–water partition coefficient (Wildman–Crippen LogP) is 5.12. The average Bonchev–Trinajstić information content (AvgIpc) is 2.77. The maximum absolute atomic E-state index is 14.1. The minimum absolute atomic E-state index is 0.0879. The number of benzene rings is 2. The highest BCUT2D eigenvalue weighted by molar-refractivity contribution is 7.98. The summed E-state index contributed by atoms with van der Waals surface area (Å²) in [5.74, 6) is -0.0879. The van der Waals surface area contributed by atoms with Crippen LogP contribution in [0, 0.1) is 5.82 Å². The van der Waals surface area contributed by atoms with Crippen LogP contribution in [0.1, 0.15) is 23.6 Å². The van der Waals surface area contributed by atoms with Gasteiger partial charge in [-0.1, -0.05) is 29.8 Å². The Hall–Kier alpha value is -1.54. The first kappa shape index (κ1) is 13.4. The molecule has 0 fully saturated rings. The average molecular weight is 284 g/mol. The van der Waals surface area contributed by atoms with Crippen LogP contribution < -0.4 is 0 Å². The summed E-state index contributed by atoms with van der Waals surface area (Å²) in [5.41, 5.74) is 5.65. The molecule has 0 atom stereocenters. The SMILES string of the molecule is CSc1ccc(CC2=C(C)Cc3cccc(F)c32)cc1. The molecule has 0 saturated carbocycles. The second kappa shape index (κ2) is 5.45. The van der Waals surface area contributed by atoms with Crippen molar-refractivity contribution in [2.24, 2.45) is 0 Å². The summed E-state index contributed by atoms with van der Waals surface area (Å²) in [4.78, 5) is 1.26. The van der Waals surface area contributed by atoms with Crippen LogP contribution in [0.4, 0.5) is 4.39 Å². The van der Waals surface area contributed by atoms with Crippen molar-refractivity contribution < 1.29 is 4.39 Å². The van der Waals surface area contributed by atoms with Crippen LogP contribution in [-0.2, 0) is 12.8 Å². The lowest BCUT2D eigenvalue weighted by Gasteiger charge is -2.09. The monoisotopic (exact) mass is 284 g/mol. The van der Waals surface area contributed by atoms with Crippen molar-refractivity contribution in [3.63, 3.8) is 0 Å². The van der Waals surface area contributed by atoms with E-state index in [0.717, 1.165) is 29.5 Å². The van der Waals surface area contributed by atoms with Gasteiger partial charge in [-0.2, -0.15) is 0 Å². The Bertz CT molecular complexity index is 668. The maximum atomic E-state index is 14.1. The van der Waals surface area contributed by atoms with Crippen molar-refractivity contribution >= 4 is 17.3 Å². The zero-order chi connectivity index (χ0) is 14.1. The van der Waals surface area contributed by atoms with Crippen LogP contribution in [0.15, 0.2) is 52.9 Å². The molecule has 102 valence electrons. The third-order valence-corrected chi connectivity index (χ3v) is 4.66. The second-order valence-corrected chi connectivity index (χ2v) is 6.11. The summed E-state index contributed by atoms with van der Waals surface area (Å²) in [6.45, 7) is 2.12. The van der Waals surface area contributed by atoms with Gasteiger partial charge in [0.1, 0.15) is 5.82 Å². The highest BCUT2D eigenvalue weighted by Crippen LogP contribution is 2.36. The lowest BCUT2D eigenvalue weighted by molar-refractivity contribution is 0.622. The van der Waals surface area contributed by atoms with Crippen molar-refractivity contribution in [3.8, 4) is 0 Å². The molecule has 0 amide bonds. The predicted molar refractivity (Wildman–Crippen MR) is 84.6 cm³/mol. The Morgan fingerprint density at radius 1 is 1.10 bits per heavy atom. The van der Waals surface area contributed by atoms with E-state index in [0.29, 0.717) is 0 Å². The molecule has 0 unspecified atom stereocenters. The third kappa shape index (κ3) is 2.40. The molecule has 3 rings (SSSR count).